The molecule has 1 heterocycles. The third-order valence-corrected chi connectivity index (χ3v) is 2.89. The van der Waals surface area contributed by atoms with Gasteiger partial charge < -0.3 is 5.32 Å². The highest BCUT2D eigenvalue weighted by molar-refractivity contribution is 7.98. The van der Waals surface area contributed by atoms with Crippen LogP contribution in [0, 0.1) is 0 Å². The summed E-state index contributed by atoms with van der Waals surface area (Å²) in [6.07, 6.45) is 8.00. The van der Waals surface area contributed by atoms with Crippen LogP contribution >= 0.6 is 23.4 Å². The molecule has 0 aliphatic carbocycles. The summed E-state index contributed by atoms with van der Waals surface area (Å²) in [4.78, 5) is 4.01. The quantitative estimate of drug-likeness (QED) is 0.760. The highest BCUT2D eigenvalue weighted by Gasteiger charge is 1.97. The van der Waals surface area contributed by atoms with Crippen LogP contribution in [0.2, 0.25) is 5.02 Å². The molecule has 1 rings (SSSR count). The lowest BCUT2D eigenvalue weighted by Gasteiger charge is -2.06. The van der Waals surface area contributed by atoms with Gasteiger partial charge in [-0.25, -0.2) is 0 Å². The summed E-state index contributed by atoms with van der Waals surface area (Å²) in [6, 6.07) is 1.80. The van der Waals surface area contributed by atoms with Crippen molar-refractivity contribution in [2.45, 2.75) is 12.8 Å². The molecule has 0 unspecified atom stereocenters. The molecular formula is C10H15ClN2S. The van der Waals surface area contributed by atoms with Gasteiger partial charge in [-0.15, -0.1) is 0 Å². The van der Waals surface area contributed by atoms with Crippen LogP contribution in [-0.2, 0) is 0 Å². The standard InChI is InChI=1S/C10H15ClN2S/c1-14-7-3-2-5-13-10-8-12-6-4-9(10)11/h4,6,8,13H,2-3,5,7H2,1H3. The first-order chi connectivity index (χ1) is 6.84. The van der Waals surface area contributed by atoms with E-state index >= 15 is 0 Å². The van der Waals surface area contributed by atoms with E-state index in [1.54, 1.807) is 18.5 Å². The summed E-state index contributed by atoms with van der Waals surface area (Å²) in [7, 11) is 0. The molecule has 0 aliphatic heterocycles. The summed E-state index contributed by atoms with van der Waals surface area (Å²) in [5.41, 5.74) is 0.929. The number of anilines is 1. The minimum absolute atomic E-state index is 0.741. The van der Waals surface area contributed by atoms with Crippen LogP contribution < -0.4 is 5.32 Å². The number of thioether (sulfide) groups is 1. The maximum atomic E-state index is 5.96. The van der Waals surface area contributed by atoms with Crippen molar-refractivity contribution in [2.24, 2.45) is 0 Å². The fraction of sp³-hybridized carbons (Fsp3) is 0.500. The van der Waals surface area contributed by atoms with Gasteiger partial charge in [0.2, 0.25) is 0 Å². The molecule has 1 aromatic rings. The Labute approximate surface area is 94.5 Å². The maximum absolute atomic E-state index is 5.96. The lowest BCUT2D eigenvalue weighted by Crippen LogP contribution is -2.02. The predicted molar refractivity (Wildman–Crippen MR) is 65.4 cm³/mol. The van der Waals surface area contributed by atoms with Crippen LogP contribution in [-0.4, -0.2) is 23.5 Å². The van der Waals surface area contributed by atoms with E-state index in [9.17, 15) is 0 Å². The van der Waals surface area contributed by atoms with Gasteiger partial charge in [0.1, 0.15) is 0 Å². The summed E-state index contributed by atoms with van der Waals surface area (Å²) in [6.45, 7) is 0.964. The zero-order valence-corrected chi connectivity index (χ0v) is 9.87. The van der Waals surface area contributed by atoms with E-state index in [-0.39, 0.29) is 0 Å². The Hall–Kier alpha value is -0.410. The largest absolute Gasteiger partial charge is 0.383 e. The molecule has 0 aliphatic rings. The highest BCUT2D eigenvalue weighted by Crippen LogP contribution is 2.18. The molecule has 14 heavy (non-hydrogen) atoms. The third kappa shape index (κ3) is 4.20. The Balaban J connectivity index is 2.21. The lowest BCUT2D eigenvalue weighted by atomic mass is 10.3. The van der Waals surface area contributed by atoms with Crippen molar-refractivity contribution in [3.63, 3.8) is 0 Å². The Kier molecular flexibility index (Phi) is 5.80. The van der Waals surface area contributed by atoms with Gasteiger partial charge in [-0.1, -0.05) is 11.6 Å². The molecule has 0 aromatic carbocycles. The van der Waals surface area contributed by atoms with Crippen molar-refractivity contribution in [2.75, 3.05) is 23.9 Å². The second-order valence-electron chi connectivity index (χ2n) is 2.98. The molecule has 0 saturated heterocycles. The number of aromatic nitrogens is 1. The van der Waals surface area contributed by atoms with Gasteiger partial charge in [0.05, 0.1) is 16.9 Å². The number of rotatable bonds is 6. The van der Waals surface area contributed by atoms with E-state index < -0.39 is 0 Å². The first kappa shape index (κ1) is 11.7. The number of hydrogen-bond donors (Lipinski definition) is 1. The zero-order valence-electron chi connectivity index (χ0n) is 8.29. The number of halogens is 1. The second-order valence-corrected chi connectivity index (χ2v) is 4.38. The predicted octanol–water partition coefficient (Wildman–Crippen LogP) is 3.29. The number of pyridine rings is 1. The molecule has 1 N–H and O–H groups in total. The molecule has 0 atom stereocenters. The van der Waals surface area contributed by atoms with Gasteiger partial charge in [-0.3, -0.25) is 4.98 Å². The number of nitrogens with one attached hydrogen (secondary N) is 1. The molecule has 0 spiro atoms. The fourth-order valence-electron chi connectivity index (χ4n) is 1.10. The van der Waals surface area contributed by atoms with Crippen molar-refractivity contribution in [3.05, 3.63) is 23.5 Å². The molecule has 0 saturated carbocycles. The maximum Gasteiger partial charge on any atom is 0.0716 e. The topological polar surface area (TPSA) is 24.9 Å². The molecule has 78 valence electrons. The van der Waals surface area contributed by atoms with Crippen LogP contribution in [0.3, 0.4) is 0 Å². The number of nitrogens with zero attached hydrogens (tertiary/aromatic N) is 1. The van der Waals surface area contributed by atoms with E-state index in [0.717, 1.165) is 17.3 Å². The number of hydrogen-bond acceptors (Lipinski definition) is 3. The van der Waals surface area contributed by atoms with Crippen LogP contribution in [0.4, 0.5) is 5.69 Å². The SMILES string of the molecule is CSCCCCNc1cnccc1Cl. The molecule has 1 aromatic heterocycles. The van der Waals surface area contributed by atoms with Crippen molar-refractivity contribution in [1.82, 2.24) is 4.98 Å². The summed E-state index contributed by atoms with van der Waals surface area (Å²) < 4.78 is 0. The fourth-order valence-corrected chi connectivity index (χ4v) is 1.77. The molecule has 0 amide bonds. The third-order valence-electron chi connectivity index (χ3n) is 1.86. The zero-order chi connectivity index (χ0) is 10.2. The van der Waals surface area contributed by atoms with E-state index in [4.69, 9.17) is 11.6 Å². The average molecular weight is 231 g/mol. The normalized spacial score (nSPS) is 10.1. The molecule has 0 fully saturated rings. The summed E-state index contributed by atoms with van der Waals surface area (Å²) in [5.74, 6) is 1.22. The van der Waals surface area contributed by atoms with Gasteiger partial charge in [0, 0.05) is 12.7 Å². The van der Waals surface area contributed by atoms with Crippen LogP contribution in [0.25, 0.3) is 0 Å². The smallest absolute Gasteiger partial charge is 0.0716 e. The molecule has 0 radical (unpaired) electrons. The van der Waals surface area contributed by atoms with Gasteiger partial charge >= 0.3 is 0 Å². The van der Waals surface area contributed by atoms with Crippen molar-refractivity contribution in [3.8, 4) is 0 Å². The van der Waals surface area contributed by atoms with Crippen molar-refractivity contribution in [1.29, 1.82) is 0 Å². The minimum atomic E-state index is 0.741. The average Bonchev–Trinajstić information content (AvgIpc) is 2.20. The Bertz CT molecular complexity index is 268. The van der Waals surface area contributed by atoms with E-state index in [2.05, 4.69) is 16.6 Å². The van der Waals surface area contributed by atoms with Gasteiger partial charge in [0.15, 0.2) is 0 Å². The van der Waals surface area contributed by atoms with Gasteiger partial charge in [0.25, 0.3) is 0 Å². The first-order valence-corrected chi connectivity index (χ1v) is 6.44. The highest BCUT2D eigenvalue weighted by atomic mass is 35.5. The van der Waals surface area contributed by atoms with Gasteiger partial charge in [-0.05, 0) is 30.9 Å². The first-order valence-electron chi connectivity index (χ1n) is 4.67. The second kappa shape index (κ2) is 6.96. The van der Waals surface area contributed by atoms with Crippen LogP contribution in [0.5, 0.6) is 0 Å². The van der Waals surface area contributed by atoms with Crippen LogP contribution in [0.1, 0.15) is 12.8 Å². The van der Waals surface area contributed by atoms with Crippen molar-refractivity contribution < 1.29 is 0 Å². The van der Waals surface area contributed by atoms with Crippen molar-refractivity contribution >= 4 is 29.1 Å². The molecule has 0 bridgehead atoms. The molecular weight excluding hydrogens is 216 g/mol. The van der Waals surface area contributed by atoms with Gasteiger partial charge in [-0.2, -0.15) is 11.8 Å². The minimum Gasteiger partial charge on any atom is -0.383 e. The van der Waals surface area contributed by atoms with E-state index in [1.807, 2.05) is 11.8 Å². The van der Waals surface area contributed by atoms with E-state index in [1.165, 1.54) is 18.6 Å². The Morgan fingerprint density at radius 2 is 2.36 bits per heavy atom. The van der Waals surface area contributed by atoms with Crippen LogP contribution in [0.15, 0.2) is 18.5 Å². The Morgan fingerprint density at radius 1 is 1.50 bits per heavy atom. The lowest BCUT2D eigenvalue weighted by molar-refractivity contribution is 0.843. The molecule has 2 nitrogen and oxygen atoms in total. The summed E-state index contributed by atoms with van der Waals surface area (Å²) >= 11 is 7.84. The van der Waals surface area contributed by atoms with E-state index in [0.29, 0.717) is 0 Å². The summed E-state index contributed by atoms with van der Waals surface area (Å²) in [5, 5.41) is 4.01. The monoisotopic (exact) mass is 230 g/mol. The number of unbranched alkanes of at least 4 members (excludes halogenated alkanes) is 1. The molecule has 4 heteroatoms. The Morgan fingerprint density at radius 3 is 3.07 bits per heavy atom.